The fourth-order valence-corrected chi connectivity index (χ4v) is 2.29. The lowest BCUT2D eigenvalue weighted by Gasteiger charge is -2.18. The number of aryl methyl sites for hydroxylation is 2. The van der Waals surface area contributed by atoms with Gasteiger partial charge in [-0.25, -0.2) is 0 Å². The number of benzene rings is 2. The standard InChI is InChI=1S/C18H20ClNO2/c1-4-17(22-15-7-5-6-14(19)11-15)18(21)20-16-10-12(2)8-9-13(16)3/h5-11,17H,4H2,1-3H3,(H,20,21)/t17-/m1/s1. The van der Waals surface area contributed by atoms with Crippen LogP contribution in [0.5, 0.6) is 5.75 Å². The molecule has 0 aliphatic carbocycles. The molecule has 1 amide bonds. The Morgan fingerprint density at radius 3 is 2.68 bits per heavy atom. The SMILES string of the molecule is CC[C@@H](Oc1cccc(Cl)c1)C(=O)Nc1cc(C)ccc1C. The highest BCUT2D eigenvalue weighted by Crippen LogP contribution is 2.21. The monoisotopic (exact) mass is 317 g/mol. The molecule has 0 aliphatic heterocycles. The number of hydrogen-bond donors (Lipinski definition) is 1. The molecule has 22 heavy (non-hydrogen) atoms. The van der Waals surface area contributed by atoms with Crippen molar-refractivity contribution in [1.82, 2.24) is 0 Å². The summed E-state index contributed by atoms with van der Waals surface area (Å²) in [6, 6.07) is 13.0. The van der Waals surface area contributed by atoms with Gasteiger partial charge in [0.05, 0.1) is 0 Å². The number of nitrogens with one attached hydrogen (secondary N) is 1. The van der Waals surface area contributed by atoms with E-state index in [1.54, 1.807) is 24.3 Å². The van der Waals surface area contributed by atoms with Gasteiger partial charge in [-0.05, 0) is 55.7 Å². The zero-order valence-electron chi connectivity index (χ0n) is 13.0. The van der Waals surface area contributed by atoms with Crippen LogP contribution in [0.1, 0.15) is 24.5 Å². The second-order valence-corrected chi connectivity index (χ2v) is 5.72. The van der Waals surface area contributed by atoms with Crippen molar-refractivity contribution in [3.8, 4) is 5.75 Å². The molecule has 0 spiro atoms. The highest BCUT2D eigenvalue weighted by atomic mass is 35.5. The van der Waals surface area contributed by atoms with Crippen LogP contribution in [0.4, 0.5) is 5.69 Å². The van der Waals surface area contributed by atoms with Crippen LogP contribution in [0.3, 0.4) is 0 Å². The summed E-state index contributed by atoms with van der Waals surface area (Å²) in [5.74, 6) is 0.437. The summed E-state index contributed by atoms with van der Waals surface area (Å²) in [5.41, 5.74) is 2.94. The molecule has 3 nitrogen and oxygen atoms in total. The molecule has 1 atom stereocenters. The van der Waals surface area contributed by atoms with Crippen molar-refractivity contribution >= 4 is 23.2 Å². The van der Waals surface area contributed by atoms with Gasteiger partial charge in [0.25, 0.3) is 5.91 Å². The molecule has 1 N–H and O–H groups in total. The lowest BCUT2D eigenvalue weighted by atomic mass is 10.1. The minimum atomic E-state index is -0.557. The van der Waals surface area contributed by atoms with Crippen molar-refractivity contribution in [2.24, 2.45) is 0 Å². The second kappa shape index (κ2) is 7.32. The van der Waals surface area contributed by atoms with Crippen molar-refractivity contribution in [3.05, 3.63) is 58.6 Å². The van der Waals surface area contributed by atoms with Crippen LogP contribution in [-0.2, 0) is 4.79 Å². The molecule has 2 aromatic carbocycles. The van der Waals surface area contributed by atoms with E-state index >= 15 is 0 Å². The molecule has 0 heterocycles. The summed E-state index contributed by atoms with van der Waals surface area (Å²) in [4.78, 5) is 12.4. The van der Waals surface area contributed by atoms with Crippen LogP contribution >= 0.6 is 11.6 Å². The van der Waals surface area contributed by atoms with Gasteiger partial charge in [-0.3, -0.25) is 4.79 Å². The fraction of sp³-hybridized carbons (Fsp3) is 0.278. The maximum Gasteiger partial charge on any atom is 0.265 e. The van der Waals surface area contributed by atoms with Gasteiger partial charge in [0.1, 0.15) is 5.75 Å². The average Bonchev–Trinajstić information content (AvgIpc) is 2.48. The largest absolute Gasteiger partial charge is 0.481 e. The van der Waals surface area contributed by atoms with Crippen LogP contribution in [0.15, 0.2) is 42.5 Å². The van der Waals surface area contributed by atoms with Crippen LogP contribution in [0, 0.1) is 13.8 Å². The number of anilines is 1. The van der Waals surface area contributed by atoms with Crippen LogP contribution in [0.25, 0.3) is 0 Å². The lowest BCUT2D eigenvalue weighted by Crippen LogP contribution is -2.32. The summed E-state index contributed by atoms with van der Waals surface area (Å²) >= 11 is 5.94. The van der Waals surface area contributed by atoms with Crippen molar-refractivity contribution in [1.29, 1.82) is 0 Å². The number of hydrogen-bond acceptors (Lipinski definition) is 2. The van der Waals surface area contributed by atoms with E-state index in [0.717, 1.165) is 16.8 Å². The van der Waals surface area contributed by atoms with Crippen molar-refractivity contribution in [3.63, 3.8) is 0 Å². The van der Waals surface area contributed by atoms with Gasteiger partial charge in [-0.15, -0.1) is 0 Å². The molecule has 116 valence electrons. The summed E-state index contributed by atoms with van der Waals surface area (Å²) in [7, 11) is 0. The molecule has 0 unspecified atom stereocenters. The Hall–Kier alpha value is -2.00. The number of amides is 1. The molecule has 2 aromatic rings. The number of rotatable bonds is 5. The highest BCUT2D eigenvalue weighted by Gasteiger charge is 2.19. The fourth-order valence-electron chi connectivity index (χ4n) is 2.11. The van der Waals surface area contributed by atoms with Crippen molar-refractivity contribution in [2.75, 3.05) is 5.32 Å². The Morgan fingerprint density at radius 2 is 2.00 bits per heavy atom. The van der Waals surface area contributed by atoms with E-state index in [1.807, 2.05) is 39.0 Å². The molecule has 0 fully saturated rings. The molecule has 0 saturated carbocycles. The summed E-state index contributed by atoms with van der Waals surface area (Å²) < 4.78 is 5.75. The molecule has 0 aromatic heterocycles. The quantitative estimate of drug-likeness (QED) is 0.864. The first-order chi connectivity index (χ1) is 10.5. The highest BCUT2D eigenvalue weighted by molar-refractivity contribution is 6.30. The van der Waals surface area contributed by atoms with Crippen LogP contribution in [0.2, 0.25) is 5.02 Å². The van der Waals surface area contributed by atoms with E-state index in [9.17, 15) is 4.79 Å². The topological polar surface area (TPSA) is 38.3 Å². The first-order valence-electron chi connectivity index (χ1n) is 7.30. The van der Waals surface area contributed by atoms with Crippen LogP contribution in [-0.4, -0.2) is 12.0 Å². The number of carbonyl (C=O) groups is 1. The predicted molar refractivity (Wildman–Crippen MR) is 90.7 cm³/mol. The summed E-state index contributed by atoms with van der Waals surface area (Å²) in [6.45, 7) is 5.88. The van der Waals surface area contributed by atoms with E-state index < -0.39 is 6.10 Å². The first-order valence-corrected chi connectivity index (χ1v) is 7.67. The minimum Gasteiger partial charge on any atom is -0.481 e. The smallest absolute Gasteiger partial charge is 0.265 e. The number of carbonyl (C=O) groups excluding carboxylic acids is 1. The number of ether oxygens (including phenoxy) is 1. The Labute approximate surface area is 136 Å². The molecule has 0 aliphatic rings. The summed E-state index contributed by atoms with van der Waals surface area (Å²) in [6.07, 6.45) is 0.0156. The molecule has 2 rings (SSSR count). The third-order valence-corrected chi connectivity index (χ3v) is 3.62. The molecule has 0 radical (unpaired) electrons. The average molecular weight is 318 g/mol. The molecule has 4 heteroatoms. The van der Waals surface area contributed by atoms with Crippen molar-refractivity contribution < 1.29 is 9.53 Å². The molecular formula is C18H20ClNO2. The predicted octanol–water partition coefficient (Wildman–Crippen LogP) is 4.75. The lowest BCUT2D eigenvalue weighted by molar-refractivity contribution is -0.122. The van der Waals surface area contributed by atoms with E-state index in [2.05, 4.69) is 5.32 Å². The van der Waals surface area contributed by atoms with Gasteiger partial charge in [0.15, 0.2) is 6.10 Å². The van der Waals surface area contributed by atoms with Crippen LogP contribution < -0.4 is 10.1 Å². The van der Waals surface area contributed by atoms with E-state index in [4.69, 9.17) is 16.3 Å². The Balaban J connectivity index is 2.10. The third-order valence-electron chi connectivity index (χ3n) is 3.39. The first kappa shape index (κ1) is 16.4. The van der Waals surface area contributed by atoms with Gasteiger partial charge in [0, 0.05) is 10.7 Å². The van der Waals surface area contributed by atoms with E-state index in [-0.39, 0.29) is 5.91 Å². The zero-order chi connectivity index (χ0) is 16.1. The Morgan fingerprint density at radius 1 is 1.23 bits per heavy atom. The molecular weight excluding hydrogens is 298 g/mol. The van der Waals surface area contributed by atoms with Gasteiger partial charge in [-0.2, -0.15) is 0 Å². The zero-order valence-corrected chi connectivity index (χ0v) is 13.8. The normalized spacial score (nSPS) is 11.8. The van der Waals surface area contributed by atoms with Gasteiger partial charge in [-0.1, -0.05) is 36.7 Å². The number of halogens is 1. The Bertz CT molecular complexity index is 670. The summed E-state index contributed by atoms with van der Waals surface area (Å²) in [5, 5.41) is 3.53. The van der Waals surface area contributed by atoms with E-state index in [0.29, 0.717) is 17.2 Å². The van der Waals surface area contributed by atoms with Crippen molar-refractivity contribution in [2.45, 2.75) is 33.3 Å². The maximum atomic E-state index is 12.4. The van der Waals surface area contributed by atoms with Gasteiger partial charge >= 0.3 is 0 Å². The molecule has 0 bridgehead atoms. The minimum absolute atomic E-state index is 0.156. The van der Waals surface area contributed by atoms with E-state index in [1.165, 1.54) is 0 Å². The third kappa shape index (κ3) is 4.25. The molecule has 0 saturated heterocycles. The maximum absolute atomic E-state index is 12.4. The second-order valence-electron chi connectivity index (χ2n) is 5.28. The van der Waals surface area contributed by atoms with Gasteiger partial charge < -0.3 is 10.1 Å². The van der Waals surface area contributed by atoms with Gasteiger partial charge in [0.2, 0.25) is 0 Å². The Kier molecular flexibility index (Phi) is 5.45.